The van der Waals surface area contributed by atoms with Crippen LogP contribution in [0.2, 0.25) is 0 Å². The van der Waals surface area contributed by atoms with Gasteiger partial charge < -0.3 is 5.32 Å². The van der Waals surface area contributed by atoms with E-state index < -0.39 is 0 Å². The third-order valence-electron chi connectivity index (χ3n) is 4.69. The van der Waals surface area contributed by atoms with Gasteiger partial charge in [0.05, 0.1) is 11.3 Å². The number of nitriles is 1. The lowest BCUT2D eigenvalue weighted by atomic mass is 9.95. The second-order valence-electron chi connectivity index (χ2n) is 6.56. The van der Waals surface area contributed by atoms with E-state index in [1.807, 2.05) is 41.8 Å². The summed E-state index contributed by atoms with van der Waals surface area (Å²) in [6.07, 6.45) is 3.95. The average Bonchev–Trinajstić information content (AvgIpc) is 3.27. The Hall–Kier alpha value is -2.63. The lowest BCUT2D eigenvalue weighted by molar-refractivity contribution is -0.113. The van der Waals surface area contributed by atoms with Crippen LogP contribution in [0.15, 0.2) is 34.7 Å². The van der Waals surface area contributed by atoms with Crippen molar-refractivity contribution < 1.29 is 4.79 Å². The zero-order chi connectivity index (χ0) is 19.5. The van der Waals surface area contributed by atoms with E-state index in [0.717, 1.165) is 52.0 Å². The molecule has 28 heavy (non-hydrogen) atoms. The van der Waals surface area contributed by atoms with E-state index in [4.69, 9.17) is 0 Å². The highest BCUT2D eigenvalue weighted by Gasteiger charge is 2.26. The van der Waals surface area contributed by atoms with Gasteiger partial charge in [-0.3, -0.25) is 9.36 Å². The molecule has 0 spiro atoms. The first kappa shape index (κ1) is 18.7. The molecule has 2 heterocycles. The zero-order valence-corrected chi connectivity index (χ0v) is 17.1. The van der Waals surface area contributed by atoms with Crippen LogP contribution >= 0.6 is 23.1 Å². The van der Waals surface area contributed by atoms with Crippen molar-refractivity contribution in [1.29, 1.82) is 5.26 Å². The maximum atomic E-state index is 12.7. The first-order chi connectivity index (χ1) is 13.7. The molecule has 0 radical (unpaired) electrons. The molecule has 1 aliphatic rings. The highest BCUT2D eigenvalue weighted by molar-refractivity contribution is 8.01. The number of aryl methyl sites for hydroxylation is 1. The van der Waals surface area contributed by atoms with Gasteiger partial charge in [0.15, 0.2) is 4.34 Å². The number of rotatable bonds is 5. The number of nitrogens with zero attached hydrogens (tertiary/aromatic N) is 4. The topological polar surface area (TPSA) is 83.6 Å². The maximum absolute atomic E-state index is 12.7. The lowest BCUT2D eigenvalue weighted by Gasteiger charge is -2.17. The van der Waals surface area contributed by atoms with Gasteiger partial charge in [0.25, 0.3) is 0 Å². The minimum absolute atomic E-state index is 0.151. The van der Waals surface area contributed by atoms with E-state index in [9.17, 15) is 10.1 Å². The van der Waals surface area contributed by atoms with E-state index in [2.05, 4.69) is 21.6 Å². The second kappa shape index (κ2) is 8.17. The van der Waals surface area contributed by atoms with Gasteiger partial charge in [-0.25, -0.2) is 0 Å². The summed E-state index contributed by atoms with van der Waals surface area (Å²) < 4.78 is 2.82. The molecule has 0 saturated carbocycles. The largest absolute Gasteiger partial charge is 0.310 e. The van der Waals surface area contributed by atoms with Gasteiger partial charge in [0.2, 0.25) is 5.91 Å². The maximum Gasteiger partial charge on any atom is 0.235 e. The number of para-hydroxylation sites is 1. The number of fused-ring (bicyclic) bond motifs is 1. The number of hydrogen-bond acceptors (Lipinski definition) is 6. The van der Waals surface area contributed by atoms with Gasteiger partial charge in [-0.1, -0.05) is 41.3 Å². The minimum Gasteiger partial charge on any atom is -0.310 e. The van der Waals surface area contributed by atoms with Crippen LogP contribution in [0.5, 0.6) is 0 Å². The molecule has 0 saturated heterocycles. The summed E-state index contributed by atoms with van der Waals surface area (Å²) in [4.78, 5) is 12.7. The van der Waals surface area contributed by atoms with Gasteiger partial charge in [-0.05, 0) is 50.3 Å². The van der Waals surface area contributed by atoms with Crippen molar-refractivity contribution in [3.63, 3.8) is 0 Å². The van der Waals surface area contributed by atoms with Crippen molar-refractivity contribution in [3.05, 3.63) is 52.2 Å². The monoisotopic (exact) mass is 409 g/mol. The van der Waals surface area contributed by atoms with Gasteiger partial charge >= 0.3 is 0 Å². The van der Waals surface area contributed by atoms with Crippen LogP contribution in [0.3, 0.4) is 0 Å². The Bertz CT molecular complexity index is 1050. The van der Waals surface area contributed by atoms with Crippen LogP contribution in [0.1, 0.15) is 34.7 Å². The third-order valence-corrected chi connectivity index (χ3v) is 6.66. The molecule has 2 aromatic heterocycles. The number of hydrogen-bond donors (Lipinski definition) is 1. The van der Waals surface area contributed by atoms with Crippen molar-refractivity contribution in [2.45, 2.75) is 36.9 Å². The van der Waals surface area contributed by atoms with Crippen molar-refractivity contribution in [2.24, 2.45) is 0 Å². The minimum atomic E-state index is -0.151. The molecule has 3 aromatic rings. The van der Waals surface area contributed by atoms with Crippen molar-refractivity contribution in [3.8, 4) is 11.8 Å². The number of amides is 1. The van der Waals surface area contributed by atoms with Crippen LogP contribution in [0, 0.1) is 18.3 Å². The van der Waals surface area contributed by atoms with E-state index >= 15 is 0 Å². The number of carbonyl (C=O) groups excluding carboxylic acids is 1. The Kier molecular flexibility index (Phi) is 5.46. The fourth-order valence-electron chi connectivity index (χ4n) is 3.53. The second-order valence-corrected chi connectivity index (χ2v) is 8.97. The highest BCUT2D eigenvalue weighted by atomic mass is 32.2. The fraction of sp³-hybridized carbons (Fsp3) is 0.300. The van der Waals surface area contributed by atoms with E-state index in [0.29, 0.717) is 11.4 Å². The third kappa shape index (κ3) is 3.68. The summed E-state index contributed by atoms with van der Waals surface area (Å²) in [5, 5.41) is 21.7. The Morgan fingerprint density at radius 2 is 2.07 bits per heavy atom. The molecule has 0 fully saturated rings. The molecule has 0 atom stereocenters. The molecule has 0 bridgehead atoms. The molecule has 1 amide bonds. The summed E-state index contributed by atoms with van der Waals surface area (Å²) in [6.45, 7) is 1.89. The molecule has 0 unspecified atom stereocenters. The Morgan fingerprint density at radius 1 is 1.29 bits per heavy atom. The Morgan fingerprint density at radius 3 is 2.79 bits per heavy atom. The van der Waals surface area contributed by atoms with Crippen molar-refractivity contribution >= 4 is 34.8 Å². The number of carbonyl (C=O) groups is 1. The molecule has 142 valence electrons. The number of nitrogens with one attached hydrogen (secondary N) is 1. The SMILES string of the molecule is Cc1nnc(SCC(=O)Nc2c(C#N)c3c(n2-c2ccccc2)CCCC3)s1. The quantitative estimate of drug-likeness (QED) is 0.641. The summed E-state index contributed by atoms with van der Waals surface area (Å²) in [6, 6.07) is 12.2. The molecule has 1 N–H and O–H groups in total. The molecule has 1 aliphatic carbocycles. The number of aromatic nitrogens is 3. The Labute approximate surface area is 171 Å². The Balaban J connectivity index is 1.66. The molecule has 1 aromatic carbocycles. The van der Waals surface area contributed by atoms with Crippen LogP contribution in [-0.2, 0) is 17.6 Å². The number of benzene rings is 1. The van der Waals surface area contributed by atoms with Gasteiger partial charge in [0, 0.05) is 11.4 Å². The summed E-state index contributed by atoms with van der Waals surface area (Å²) in [7, 11) is 0. The van der Waals surface area contributed by atoms with Crippen LogP contribution in [-0.4, -0.2) is 26.4 Å². The molecule has 4 rings (SSSR count). The first-order valence-corrected chi connectivity index (χ1v) is 10.9. The molecular weight excluding hydrogens is 390 g/mol. The van der Waals surface area contributed by atoms with Crippen LogP contribution in [0.25, 0.3) is 5.69 Å². The van der Waals surface area contributed by atoms with Crippen molar-refractivity contribution in [1.82, 2.24) is 14.8 Å². The summed E-state index contributed by atoms with van der Waals surface area (Å²) in [5.74, 6) is 0.658. The van der Waals surface area contributed by atoms with Crippen LogP contribution in [0.4, 0.5) is 5.82 Å². The van der Waals surface area contributed by atoms with E-state index in [1.165, 1.54) is 23.1 Å². The van der Waals surface area contributed by atoms with Crippen molar-refractivity contribution in [2.75, 3.05) is 11.1 Å². The standard InChI is InChI=1S/C20H19N5OS2/c1-13-23-24-20(28-13)27-12-18(26)22-19-16(11-21)15-9-5-6-10-17(15)25(19)14-7-3-2-4-8-14/h2-4,7-8H,5-6,9-10,12H2,1H3,(H,22,26). The predicted molar refractivity (Wildman–Crippen MR) is 111 cm³/mol. The summed E-state index contributed by atoms with van der Waals surface area (Å²) in [5.41, 5.74) is 3.76. The van der Waals surface area contributed by atoms with Gasteiger partial charge in [0.1, 0.15) is 16.9 Å². The van der Waals surface area contributed by atoms with Gasteiger partial charge in [-0.15, -0.1) is 10.2 Å². The number of anilines is 1. The first-order valence-electron chi connectivity index (χ1n) is 9.12. The molecule has 0 aliphatic heterocycles. The van der Waals surface area contributed by atoms with Gasteiger partial charge in [-0.2, -0.15) is 5.26 Å². The van der Waals surface area contributed by atoms with Crippen LogP contribution < -0.4 is 5.32 Å². The van der Waals surface area contributed by atoms with E-state index in [-0.39, 0.29) is 11.7 Å². The molecule has 6 nitrogen and oxygen atoms in total. The predicted octanol–water partition coefficient (Wildman–Crippen LogP) is 4.12. The lowest BCUT2D eigenvalue weighted by Crippen LogP contribution is -2.18. The van der Waals surface area contributed by atoms with E-state index in [1.54, 1.807) is 0 Å². The normalized spacial score (nSPS) is 13.0. The smallest absolute Gasteiger partial charge is 0.235 e. The zero-order valence-electron chi connectivity index (χ0n) is 15.4. The molecule has 8 heteroatoms. The fourth-order valence-corrected chi connectivity index (χ4v) is 5.14. The highest BCUT2D eigenvalue weighted by Crippen LogP contribution is 2.35. The summed E-state index contributed by atoms with van der Waals surface area (Å²) >= 11 is 2.83. The number of thioether (sulfide) groups is 1. The average molecular weight is 410 g/mol. The molecular formula is C20H19N5OS2.